The molecule has 0 aliphatic heterocycles. The molecular formula is C14H12Cl3NO2. The van der Waals surface area contributed by atoms with Crippen LogP contribution in [0.1, 0.15) is 11.1 Å². The summed E-state index contributed by atoms with van der Waals surface area (Å²) in [5.41, 5.74) is 1.56. The van der Waals surface area contributed by atoms with Gasteiger partial charge >= 0.3 is 0 Å². The SMILES string of the molecule is COc1cc(C)c(Cl)c(COc2ccc(Cl)nc2)c1Cl. The Balaban J connectivity index is 2.24. The van der Waals surface area contributed by atoms with Crippen molar-refractivity contribution in [2.75, 3.05) is 7.11 Å². The smallest absolute Gasteiger partial charge is 0.138 e. The van der Waals surface area contributed by atoms with E-state index in [1.807, 2.05) is 6.92 Å². The number of ether oxygens (including phenoxy) is 2. The van der Waals surface area contributed by atoms with Gasteiger partial charge in [-0.1, -0.05) is 34.8 Å². The maximum Gasteiger partial charge on any atom is 0.138 e. The molecule has 0 bridgehead atoms. The molecule has 0 amide bonds. The zero-order chi connectivity index (χ0) is 14.7. The van der Waals surface area contributed by atoms with E-state index in [-0.39, 0.29) is 6.61 Å². The number of pyridine rings is 1. The molecule has 0 N–H and O–H groups in total. The van der Waals surface area contributed by atoms with E-state index in [9.17, 15) is 0 Å². The van der Waals surface area contributed by atoms with Crippen LogP contribution in [0.4, 0.5) is 0 Å². The van der Waals surface area contributed by atoms with Gasteiger partial charge < -0.3 is 9.47 Å². The molecule has 1 aromatic heterocycles. The molecule has 0 radical (unpaired) electrons. The minimum absolute atomic E-state index is 0.221. The first-order valence-corrected chi connectivity index (χ1v) is 6.92. The Labute approximate surface area is 132 Å². The van der Waals surface area contributed by atoms with Crippen molar-refractivity contribution in [1.82, 2.24) is 4.98 Å². The lowest BCUT2D eigenvalue weighted by molar-refractivity contribution is 0.304. The van der Waals surface area contributed by atoms with Gasteiger partial charge in [0.2, 0.25) is 0 Å². The molecule has 2 rings (SSSR count). The molecule has 0 unspecified atom stereocenters. The van der Waals surface area contributed by atoms with Crippen LogP contribution in [0.15, 0.2) is 24.4 Å². The molecule has 0 atom stereocenters. The fourth-order valence-corrected chi connectivity index (χ4v) is 2.33. The summed E-state index contributed by atoms with van der Waals surface area (Å²) in [5.74, 6) is 1.16. The Morgan fingerprint density at radius 2 is 1.90 bits per heavy atom. The summed E-state index contributed by atoms with van der Waals surface area (Å²) in [6.45, 7) is 2.10. The summed E-state index contributed by atoms with van der Waals surface area (Å²) >= 11 is 18.2. The van der Waals surface area contributed by atoms with Crippen molar-refractivity contribution in [1.29, 1.82) is 0 Å². The van der Waals surface area contributed by atoms with Gasteiger partial charge in [0.15, 0.2) is 0 Å². The molecule has 0 saturated carbocycles. The Hall–Kier alpha value is -1.16. The average molecular weight is 333 g/mol. The normalized spacial score (nSPS) is 10.4. The summed E-state index contributed by atoms with van der Waals surface area (Å²) in [4.78, 5) is 3.94. The lowest BCUT2D eigenvalue weighted by atomic mass is 10.1. The fraction of sp³-hybridized carbons (Fsp3) is 0.214. The molecule has 0 aliphatic carbocycles. The highest BCUT2D eigenvalue weighted by Gasteiger charge is 2.15. The van der Waals surface area contributed by atoms with Gasteiger partial charge in [-0.3, -0.25) is 0 Å². The minimum Gasteiger partial charge on any atom is -0.495 e. The second kappa shape index (κ2) is 6.53. The molecule has 0 spiro atoms. The second-order valence-corrected chi connectivity index (χ2v) is 5.25. The fourth-order valence-electron chi connectivity index (χ4n) is 1.68. The Bertz CT molecular complexity index is 615. The highest BCUT2D eigenvalue weighted by Crippen LogP contribution is 2.36. The van der Waals surface area contributed by atoms with E-state index in [0.29, 0.717) is 32.3 Å². The van der Waals surface area contributed by atoms with Gasteiger partial charge in [-0.05, 0) is 30.7 Å². The summed E-state index contributed by atoms with van der Waals surface area (Å²) < 4.78 is 10.8. The number of halogens is 3. The van der Waals surface area contributed by atoms with E-state index >= 15 is 0 Å². The first-order valence-electron chi connectivity index (χ1n) is 5.78. The number of methoxy groups -OCH3 is 1. The number of aromatic nitrogens is 1. The van der Waals surface area contributed by atoms with Crippen LogP contribution in [-0.4, -0.2) is 12.1 Å². The van der Waals surface area contributed by atoms with Crippen LogP contribution in [0.5, 0.6) is 11.5 Å². The maximum atomic E-state index is 6.26. The van der Waals surface area contributed by atoms with Crippen LogP contribution in [0.3, 0.4) is 0 Å². The molecule has 1 heterocycles. The highest BCUT2D eigenvalue weighted by atomic mass is 35.5. The maximum absolute atomic E-state index is 6.26. The third-order valence-electron chi connectivity index (χ3n) is 2.74. The Kier molecular flexibility index (Phi) is 4.97. The van der Waals surface area contributed by atoms with Crippen molar-refractivity contribution in [2.24, 2.45) is 0 Å². The van der Waals surface area contributed by atoms with Gasteiger partial charge in [-0.25, -0.2) is 4.98 Å². The molecule has 20 heavy (non-hydrogen) atoms. The third-order valence-corrected chi connectivity index (χ3v) is 3.91. The zero-order valence-electron chi connectivity index (χ0n) is 10.9. The number of hydrogen-bond donors (Lipinski definition) is 0. The van der Waals surface area contributed by atoms with Crippen molar-refractivity contribution >= 4 is 34.8 Å². The van der Waals surface area contributed by atoms with E-state index in [1.165, 1.54) is 6.20 Å². The number of hydrogen-bond acceptors (Lipinski definition) is 3. The van der Waals surface area contributed by atoms with Crippen LogP contribution in [0, 0.1) is 6.92 Å². The minimum atomic E-state index is 0.221. The molecular weight excluding hydrogens is 321 g/mol. The van der Waals surface area contributed by atoms with Crippen LogP contribution in [0.25, 0.3) is 0 Å². The summed E-state index contributed by atoms with van der Waals surface area (Å²) in [5, 5.41) is 1.42. The van der Waals surface area contributed by atoms with Crippen molar-refractivity contribution in [3.63, 3.8) is 0 Å². The van der Waals surface area contributed by atoms with Gasteiger partial charge in [0.05, 0.1) is 23.4 Å². The molecule has 0 saturated heterocycles. The molecule has 0 fully saturated rings. The Morgan fingerprint density at radius 1 is 1.15 bits per heavy atom. The summed E-state index contributed by atoms with van der Waals surface area (Å²) in [6.07, 6.45) is 1.54. The van der Waals surface area contributed by atoms with Gasteiger partial charge in [0, 0.05) is 5.56 Å². The first-order chi connectivity index (χ1) is 9.52. The topological polar surface area (TPSA) is 31.4 Å². The van der Waals surface area contributed by atoms with Crippen molar-refractivity contribution < 1.29 is 9.47 Å². The highest BCUT2D eigenvalue weighted by molar-refractivity contribution is 6.37. The third kappa shape index (κ3) is 3.29. The number of nitrogens with zero attached hydrogens (tertiary/aromatic N) is 1. The number of benzene rings is 1. The first kappa shape index (κ1) is 15.2. The van der Waals surface area contributed by atoms with E-state index < -0.39 is 0 Å². The van der Waals surface area contributed by atoms with E-state index in [4.69, 9.17) is 44.3 Å². The Morgan fingerprint density at radius 3 is 2.50 bits per heavy atom. The summed E-state index contributed by atoms with van der Waals surface area (Å²) in [7, 11) is 1.56. The van der Waals surface area contributed by atoms with E-state index in [0.717, 1.165) is 5.56 Å². The lowest BCUT2D eigenvalue weighted by Crippen LogP contribution is -2.00. The summed E-state index contributed by atoms with van der Waals surface area (Å²) in [6, 6.07) is 5.17. The largest absolute Gasteiger partial charge is 0.495 e. The van der Waals surface area contributed by atoms with Gasteiger partial charge in [0.1, 0.15) is 23.3 Å². The van der Waals surface area contributed by atoms with Gasteiger partial charge in [0.25, 0.3) is 0 Å². The number of aryl methyl sites for hydroxylation is 1. The number of rotatable bonds is 4. The molecule has 2 aromatic rings. The standard InChI is InChI=1S/C14H12Cl3NO2/c1-8-5-11(19-2)14(17)10(13(8)16)7-20-9-3-4-12(15)18-6-9/h3-6H,7H2,1-2H3. The molecule has 6 heteroatoms. The molecule has 1 aromatic carbocycles. The predicted molar refractivity (Wildman–Crippen MR) is 81.3 cm³/mol. The van der Waals surface area contributed by atoms with Crippen molar-refractivity contribution in [2.45, 2.75) is 13.5 Å². The monoisotopic (exact) mass is 331 g/mol. The molecule has 106 valence electrons. The van der Waals surface area contributed by atoms with Gasteiger partial charge in [-0.15, -0.1) is 0 Å². The van der Waals surface area contributed by atoms with Crippen LogP contribution >= 0.6 is 34.8 Å². The van der Waals surface area contributed by atoms with Crippen LogP contribution in [-0.2, 0) is 6.61 Å². The second-order valence-electron chi connectivity index (χ2n) is 4.11. The predicted octanol–water partition coefficient (Wildman–Crippen LogP) is 4.94. The average Bonchev–Trinajstić information content (AvgIpc) is 2.44. The lowest BCUT2D eigenvalue weighted by Gasteiger charge is -2.14. The van der Waals surface area contributed by atoms with Crippen molar-refractivity contribution in [3.8, 4) is 11.5 Å². The molecule has 0 aliphatic rings. The van der Waals surface area contributed by atoms with Crippen molar-refractivity contribution in [3.05, 3.63) is 50.7 Å². The van der Waals surface area contributed by atoms with E-state index in [2.05, 4.69) is 4.98 Å². The molecule has 3 nitrogen and oxygen atoms in total. The zero-order valence-corrected chi connectivity index (χ0v) is 13.2. The van der Waals surface area contributed by atoms with Crippen LogP contribution in [0.2, 0.25) is 15.2 Å². The van der Waals surface area contributed by atoms with E-state index in [1.54, 1.807) is 25.3 Å². The quantitative estimate of drug-likeness (QED) is 0.743. The van der Waals surface area contributed by atoms with Gasteiger partial charge in [-0.2, -0.15) is 0 Å². The van der Waals surface area contributed by atoms with Crippen LogP contribution < -0.4 is 9.47 Å².